The summed E-state index contributed by atoms with van der Waals surface area (Å²) in [6.07, 6.45) is 4.58. The second-order valence-electron chi connectivity index (χ2n) is 6.82. The molecule has 3 aromatic carbocycles. The summed E-state index contributed by atoms with van der Waals surface area (Å²) in [4.78, 5) is 0. The monoisotopic (exact) mass is 366 g/mol. The Hall–Kier alpha value is -1.99. The molecule has 26 heavy (non-hydrogen) atoms. The van der Waals surface area contributed by atoms with Crippen LogP contribution in [0.1, 0.15) is 62.5 Å². The molecule has 1 aliphatic carbocycles. The Morgan fingerprint density at radius 3 is 2.08 bits per heavy atom. The SMILES string of the molecule is CC.Oc1c(C2CCC(c3ccc(Cl)cc3)CC2)ccc2ccccc12. The van der Waals surface area contributed by atoms with E-state index in [1.807, 2.05) is 44.2 Å². The molecule has 3 aromatic rings. The third-order valence-corrected chi connectivity index (χ3v) is 5.69. The number of benzene rings is 3. The van der Waals surface area contributed by atoms with Crippen molar-refractivity contribution < 1.29 is 5.11 Å². The highest BCUT2D eigenvalue weighted by atomic mass is 35.5. The predicted octanol–water partition coefficient (Wildman–Crippen LogP) is 7.67. The fraction of sp³-hybridized carbons (Fsp3) is 0.333. The fourth-order valence-electron chi connectivity index (χ4n) is 4.07. The van der Waals surface area contributed by atoms with Crippen molar-refractivity contribution in [1.29, 1.82) is 0 Å². The van der Waals surface area contributed by atoms with Crippen LogP contribution in [0.3, 0.4) is 0 Å². The van der Waals surface area contributed by atoms with E-state index < -0.39 is 0 Å². The largest absolute Gasteiger partial charge is 0.507 e. The molecule has 0 amide bonds. The maximum Gasteiger partial charge on any atom is 0.126 e. The number of hydrogen-bond acceptors (Lipinski definition) is 1. The van der Waals surface area contributed by atoms with E-state index in [0.717, 1.165) is 34.2 Å². The number of halogens is 1. The third-order valence-electron chi connectivity index (χ3n) is 5.44. The van der Waals surface area contributed by atoms with Gasteiger partial charge in [-0.05, 0) is 66.2 Å². The van der Waals surface area contributed by atoms with Crippen LogP contribution in [0, 0.1) is 0 Å². The van der Waals surface area contributed by atoms with Gasteiger partial charge in [-0.15, -0.1) is 0 Å². The van der Waals surface area contributed by atoms with Gasteiger partial charge in [0.05, 0.1) is 0 Å². The van der Waals surface area contributed by atoms with Crippen molar-refractivity contribution in [1.82, 2.24) is 0 Å². The number of aromatic hydroxyl groups is 1. The van der Waals surface area contributed by atoms with Gasteiger partial charge < -0.3 is 5.11 Å². The Morgan fingerprint density at radius 1 is 0.769 bits per heavy atom. The van der Waals surface area contributed by atoms with E-state index in [1.165, 1.54) is 18.4 Å². The molecule has 0 bridgehead atoms. The molecule has 136 valence electrons. The van der Waals surface area contributed by atoms with Crippen molar-refractivity contribution in [2.24, 2.45) is 0 Å². The van der Waals surface area contributed by atoms with Crippen LogP contribution in [0.4, 0.5) is 0 Å². The molecule has 0 aliphatic heterocycles. The summed E-state index contributed by atoms with van der Waals surface area (Å²) in [5.41, 5.74) is 2.50. The lowest BCUT2D eigenvalue weighted by molar-refractivity contribution is 0.383. The summed E-state index contributed by atoms with van der Waals surface area (Å²) in [5, 5.41) is 13.6. The number of rotatable bonds is 2. The molecular formula is C24H27ClO. The summed E-state index contributed by atoms with van der Waals surface area (Å²) in [6.45, 7) is 4.00. The first-order chi connectivity index (χ1) is 12.7. The maximum absolute atomic E-state index is 10.7. The molecule has 0 atom stereocenters. The fourth-order valence-corrected chi connectivity index (χ4v) is 4.20. The zero-order valence-corrected chi connectivity index (χ0v) is 16.3. The van der Waals surface area contributed by atoms with Crippen molar-refractivity contribution in [2.75, 3.05) is 0 Å². The molecule has 0 spiro atoms. The van der Waals surface area contributed by atoms with Crippen LogP contribution in [0.15, 0.2) is 60.7 Å². The first kappa shape index (κ1) is 18.8. The molecule has 2 heteroatoms. The van der Waals surface area contributed by atoms with Gasteiger partial charge in [-0.2, -0.15) is 0 Å². The summed E-state index contributed by atoms with van der Waals surface area (Å²) < 4.78 is 0. The smallest absolute Gasteiger partial charge is 0.126 e. The van der Waals surface area contributed by atoms with Crippen molar-refractivity contribution in [2.45, 2.75) is 51.4 Å². The first-order valence-electron chi connectivity index (χ1n) is 9.68. The highest BCUT2D eigenvalue weighted by molar-refractivity contribution is 6.30. The quantitative estimate of drug-likeness (QED) is 0.493. The van der Waals surface area contributed by atoms with Crippen LogP contribution in [0.25, 0.3) is 10.8 Å². The van der Waals surface area contributed by atoms with Crippen molar-refractivity contribution in [3.05, 3.63) is 76.8 Å². The zero-order valence-electron chi connectivity index (χ0n) is 15.6. The number of hydrogen-bond donors (Lipinski definition) is 1. The Morgan fingerprint density at radius 2 is 1.38 bits per heavy atom. The molecule has 1 N–H and O–H groups in total. The lowest BCUT2D eigenvalue weighted by Gasteiger charge is -2.29. The minimum Gasteiger partial charge on any atom is -0.507 e. The van der Waals surface area contributed by atoms with Crippen molar-refractivity contribution in [3.8, 4) is 5.75 Å². The Bertz CT molecular complexity index is 846. The van der Waals surface area contributed by atoms with Crippen LogP contribution in [0.2, 0.25) is 5.02 Å². The van der Waals surface area contributed by atoms with Gasteiger partial charge in [-0.25, -0.2) is 0 Å². The van der Waals surface area contributed by atoms with E-state index in [1.54, 1.807) is 0 Å². The summed E-state index contributed by atoms with van der Waals surface area (Å²) in [6, 6.07) is 20.6. The van der Waals surface area contributed by atoms with Crippen LogP contribution < -0.4 is 0 Å². The Balaban J connectivity index is 0.000000948. The lowest BCUT2D eigenvalue weighted by Crippen LogP contribution is -2.12. The topological polar surface area (TPSA) is 20.2 Å². The molecule has 0 heterocycles. The number of phenolic OH excluding ortho intramolecular Hbond substituents is 1. The molecular weight excluding hydrogens is 340 g/mol. The standard InChI is InChI=1S/C22H21ClO.C2H6/c23-19-12-9-16(10-13-19)15-5-7-18(8-6-15)21-14-11-17-3-1-2-4-20(17)22(21)24;1-2/h1-4,9-15,18,24H,5-8H2;1-2H3. The van der Waals surface area contributed by atoms with E-state index in [-0.39, 0.29) is 0 Å². The number of phenols is 1. The van der Waals surface area contributed by atoms with E-state index in [4.69, 9.17) is 11.6 Å². The second kappa shape index (κ2) is 8.60. The van der Waals surface area contributed by atoms with Gasteiger partial charge in [0.2, 0.25) is 0 Å². The van der Waals surface area contributed by atoms with E-state index in [2.05, 4.69) is 30.3 Å². The average Bonchev–Trinajstić information content (AvgIpc) is 2.71. The van der Waals surface area contributed by atoms with E-state index >= 15 is 0 Å². The average molecular weight is 367 g/mol. The minimum atomic E-state index is 0.457. The van der Waals surface area contributed by atoms with E-state index in [9.17, 15) is 5.11 Å². The molecule has 4 rings (SSSR count). The van der Waals surface area contributed by atoms with Gasteiger partial charge >= 0.3 is 0 Å². The minimum absolute atomic E-state index is 0.457. The van der Waals surface area contributed by atoms with Crippen LogP contribution in [-0.2, 0) is 0 Å². The summed E-state index contributed by atoms with van der Waals surface area (Å²) in [5.74, 6) is 1.54. The maximum atomic E-state index is 10.7. The van der Waals surface area contributed by atoms with E-state index in [0.29, 0.717) is 17.6 Å². The summed E-state index contributed by atoms with van der Waals surface area (Å²) >= 11 is 5.99. The van der Waals surface area contributed by atoms with Crippen LogP contribution in [-0.4, -0.2) is 5.11 Å². The molecule has 1 nitrogen and oxygen atoms in total. The molecule has 1 fully saturated rings. The molecule has 0 unspecified atom stereocenters. The molecule has 1 saturated carbocycles. The first-order valence-corrected chi connectivity index (χ1v) is 10.1. The molecule has 0 saturated heterocycles. The predicted molar refractivity (Wildman–Crippen MR) is 112 cm³/mol. The molecule has 0 radical (unpaired) electrons. The van der Waals surface area contributed by atoms with Gasteiger partial charge in [-0.3, -0.25) is 0 Å². The zero-order chi connectivity index (χ0) is 18.5. The second-order valence-corrected chi connectivity index (χ2v) is 7.26. The van der Waals surface area contributed by atoms with Crippen LogP contribution in [0.5, 0.6) is 5.75 Å². The summed E-state index contributed by atoms with van der Waals surface area (Å²) in [7, 11) is 0. The van der Waals surface area contributed by atoms with Gasteiger partial charge in [0.15, 0.2) is 0 Å². The van der Waals surface area contributed by atoms with Gasteiger partial charge in [-0.1, -0.05) is 74.0 Å². The highest BCUT2D eigenvalue weighted by Crippen LogP contribution is 2.44. The van der Waals surface area contributed by atoms with Crippen LogP contribution >= 0.6 is 11.6 Å². The van der Waals surface area contributed by atoms with Crippen molar-refractivity contribution in [3.63, 3.8) is 0 Å². The van der Waals surface area contributed by atoms with Gasteiger partial charge in [0.25, 0.3) is 0 Å². The Labute approximate surface area is 161 Å². The molecule has 0 aromatic heterocycles. The number of fused-ring (bicyclic) bond motifs is 1. The Kier molecular flexibility index (Phi) is 6.21. The third kappa shape index (κ3) is 3.88. The van der Waals surface area contributed by atoms with Gasteiger partial charge in [0, 0.05) is 10.4 Å². The van der Waals surface area contributed by atoms with Gasteiger partial charge in [0.1, 0.15) is 5.75 Å². The molecule has 1 aliphatic rings. The highest BCUT2D eigenvalue weighted by Gasteiger charge is 2.25. The van der Waals surface area contributed by atoms with Crippen molar-refractivity contribution >= 4 is 22.4 Å². The normalized spacial score (nSPS) is 19.7. The lowest BCUT2D eigenvalue weighted by atomic mass is 9.75.